The zero-order valence-corrected chi connectivity index (χ0v) is 11.5. The van der Waals surface area contributed by atoms with E-state index in [1.165, 1.54) is 0 Å². The van der Waals surface area contributed by atoms with Gasteiger partial charge in [0.1, 0.15) is 0 Å². The van der Waals surface area contributed by atoms with Crippen LogP contribution < -0.4 is 10.6 Å². The smallest absolute Gasteiger partial charge is 0.251 e. The van der Waals surface area contributed by atoms with Crippen LogP contribution in [0.5, 0.6) is 0 Å². The van der Waals surface area contributed by atoms with Gasteiger partial charge in [0, 0.05) is 17.8 Å². The van der Waals surface area contributed by atoms with Crippen molar-refractivity contribution in [2.45, 2.75) is 38.3 Å². The summed E-state index contributed by atoms with van der Waals surface area (Å²) in [5.41, 5.74) is 2.97. The summed E-state index contributed by atoms with van der Waals surface area (Å²) >= 11 is 0. The van der Waals surface area contributed by atoms with Crippen LogP contribution in [0.3, 0.4) is 0 Å². The fourth-order valence-corrected chi connectivity index (χ4v) is 2.95. The van der Waals surface area contributed by atoms with E-state index in [2.05, 4.69) is 30.5 Å². The standard InChI is InChI=1S/C15H20N2O2/c1-15(2)8-10(9-19-15)17-13-5-3-4-12-11(13)6-7-16-14(12)18/h3-5,10,17H,6-9H2,1-2H3,(H,16,18). The van der Waals surface area contributed by atoms with Crippen molar-refractivity contribution < 1.29 is 9.53 Å². The fourth-order valence-electron chi connectivity index (χ4n) is 2.95. The van der Waals surface area contributed by atoms with E-state index < -0.39 is 0 Å². The van der Waals surface area contributed by atoms with Crippen LogP contribution in [0.2, 0.25) is 0 Å². The molecule has 102 valence electrons. The van der Waals surface area contributed by atoms with Crippen molar-refractivity contribution in [3.8, 4) is 0 Å². The molecule has 19 heavy (non-hydrogen) atoms. The Balaban J connectivity index is 1.82. The number of amides is 1. The molecule has 0 radical (unpaired) electrons. The zero-order chi connectivity index (χ0) is 13.5. The first-order valence-electron chi connectivity index (χ1n) is 6.86. The summed E-state index contributed by atoms with van der Waals surface area (Å²) in [6.45, 7) is 5.67. The van der Waals surface area contributed by atoms with Gasteiger partial charge in [-0.2, -0.15) is 0 Å². The fraction of sp³-hybridized carbons (Fsp3) is 0.533. The lowest BCUT2D eigenvalue weighted by molar-refractivity contribution is 0.0363. The first-order chi connectivity index (χ1) is 9.05. The molecule has 1 saturated heterocycles. The number of rotatable bonds is 2. The van der Waals surface area contributed by atoms with Gasteiger partial charge in [-0.15, -0.1) is 0 Å². The molecule has 0 aliphatic carbocycles. The third-order valence-corrected chi connectivity index (χ3v) is 3.85. The van der Waals surface area contributed by atoms with Crippen molar-refractivity contribution >= 4 is 11.6 Å². The Morgan fingerprint density at radius 3 is 3.00 bits per heavy atom. The van der Waals surface area contributed by atoms with E-state index in [1.54, 1.807) is 0 Å². The van der Waals surface area contributed by atoms with Crippen LogP contribution in [-0.4, -0.2) is 30.7 Å². The molecule has 1 atom stereocenters. The molecule has 4 nitrogen and oxygen atoms in total. The second kappa shape index (κ2) is 4.53. The van der Waals surface area contributed by atoms with Crippen molar-refractivity contribution in [3.63, 3.8) is 0 Å². The molecule has 4 heteroatoms. The predicted molar refractivity (Wildman–Crippen MR) is 74.5 cm³/mol. The van der Waals surface area contributed by atoms with E-state index >= 15 is 0 Å². The predicted octanol–water partition coefficient (Wildman–Crippen LogP) is 1.95. The van der Waals surface area contributed by atoms with Crippen LogP contribution in [0.1, 0.15) is 36.2 Å². The highest BCUT2D eigenvalue weighted by molar-refractivity contribution is 5.98. The number of anilines is 1. The van der Waals surface area contributed by atoms with Crippen LogP contribution >= 0.6 is 0 Å². The molecule has 1 fully saturated rings. The average molecular weight is 260 g/mol. The summed E-state index contributed by atoms with van der Waals surface area (Å²) in [6.07, 6.45) is 1.88. The summed E-state index contributed by atoms with van der Waals surface area (Å²) in [6, 6.07) is 6.21. The summed E-state index contributed by atoms with van der Waals surface area (Å²) in [4.78, 5) is 11.8. The van der Waals surface area contributed by atoms with Crippen LogP contribution in [0.4, 0.5) is 5.69 Å². The summed E-state index contributed by atoms with van der Waals surface area (Å²) < 4.78 is 5.75. The van der Waals surface area contributed by atoms with Crippen LogP contribution in [0.25, 0.3) is 0 Å². The second-order valence-corrected chi connectivity index (χ2v) is 5.95. The number of hydrogen-bond acceptors (Lipinski definition) is 3. The van der Waals surface area contributed by atoms with E-state index in [1.807, 2.05) is 12.1 Å². The van der Waals surface area contributed by atoms with Gasteiger partial charge in [-0.25, -0.2) is 0 Å². The maximum absolute atomic E-state index is 11.8. The van der Waals surface area contributed by atoms with Gasteiger partial charge in [0.15, 0.2) is 0 Å². The average Bonchev–Trinajstić information content (AvgIpc) is 2.70. The molecule has 2 N–H and O–H groups in total. The SMILES string of the molecule is CC1(C)CC(Nc2cccc3c2CCNC3=O)CO1. The number of benzene rings is 1. The van der Waals surface area contributed by atoms with Gasteiger partial charge in [-0.3, -0.25) is 4.79 Å². The van der Waals surface area contributed by atoms with E-state index in [-0.39, 0.29) is 11.5 Å². The molecule has 0 spiro atoms. The third kappa shape index (κ3) is 2.45. The highest BCUT2D eigenvalue weighted by atomic mass is 16.5. The molecule has 2 aliphatic rings. The first kappa shape index (κ1) is 12.5. The van der Waals surface area contributed by atoms with Crippen molar-refractivity contribution in [2.24, 2.45) is 0 Å². The van der Waals surface area contributed by atoms with Gasteiger partial charge >= 0.3 is 0 Å². The van der Waals surface area contributed by atoms with Gasteiger partial charge < -0.3 is 15.4 Å². The van der Waals surface area contributed by atoms with Gasteiger partial charge in [0.05, 0.1) is 18.2 Å². The quantitative estimate of drug-likeness (QED) is 0.854. The Labute approximate surface area is 113 Å². The lowest BCUT2D eigenvalue weighted by Gasteiger charge is -2.22. The molecular weight excluding hydrogens is 240 g/mol. The molecule has 3 rings (SSSR count). The van der Waals surface area contributed by atoms with Crippen molar-refractivity contribution in [1.29, 1.82) is 0 Å². The molecule has 0 saturated carbocycles. The molecular formula is C15H20N2O2. The van der Waals surface area contributed by atoms with Crippen molar-refractivity contribution in [3.05, 3.63) is 29.3 Å². The van der Waals surface area contributed by atoms with Crippen LogP contribution in [-0.2, 0) is 11.2 Å². The summed E-state index contributed by atoms with van der Waals surface area (Å²) in [5.74, 6) is 0.0351. The molecule has 2 heterocycles. The van der Waals surface area contributed by atoms with Crippen molar-refractivity contribution in [2.75, 3.05) is 18.5 Å². The van der Waals surface area contributed by atoms with E-state index in [0.29, 0.717) is 6.04 Å². The minimum atomic E-state index is -0.0517. The molecule has 1 unspecified atom stereocenters. The number of nitrogens with one attached hydrogen (secondary N) is 2. The summed E-state index contributed by atoms with van der Waals surface area (Å²) in [7, 11) is 0. The van der Waals surface area contributed by atoms with Gasteiger partial charge in [0.2, 0.25) is 0 Å². The molecule has 0 aromatic heterocycles. The monoisotopic (exact) mass is 260 g/mol. The molecule has 0 bridgehead atoms. The third-order valence-electron chi connectivity index (χ3n) is 3.85. The number of carbonyl (C=O) groups excluding carboxylic acids is 1. The van der Waals surface area contributed by atoms with E-state index in [4.69, 9.17) is 4.74 Å². The Bertz CT molecular complexity index is 511. The minimum absolute atomic E-state index is 0.0351. The normalized spacial score (nSPS) is 24.7. The first-order valence-corrected chi connectivity index (χ1v) is 6.86. The van der Waals surface area contributed by atoms with E-state index in [9.17, 15) is 4.79 Å². The highest BCUT2D eigenvalue weighted by Gasteiger charge is 2.32. The Morgan fingerprint density at radius 2 is 2.26 bits per heavy atom. The van der Waals surface area contributed by atoms with Gasteiger partial charge in [-0.1, -0.05) is 6.07 Å². The van der Waals surface area contributed by atoms with Gasteiger partial charge in [0.25, 0.3) is 5.91 Å². The summed E-state index contributed by atoms with van der Waals surface area (Å²) in [5, 5.41) is 6.42. The van der Waals surface area contributed by atoms with E-state index in [0.717, 1.165) is 42.8 Å². The number of hydrogen-bond donors (Lipinski definition) is 2. The second-order valence-electron chi connectivity index (χ2n) is 5.95. The zero-order valence-electron chi connectivity index (χ0n) is 11.5. The van der Waals surface area contributed by atoms with Crippen LogP contribution in [0.15, 0.2) is 18.2 Å². The topological polar surface area (TPSA) is 50.4 Å². The Hall–Kier alpha value is -1.55. The molecule has 1 amide bonds. The maximum Gasteiger partial charge on any atom is 0.251 e. The number of carbonyl (C=O) groups is 1. The lowest BCUT2D eigenvalue weighted by atomic mass is 9.97. The lowest BCUT2D eigenvalue weighted by Crippen LogP contribution is -2.33. The molecule has 1 aromatic rings. The minimum Gasteiger partial charge on any atom is -0.380 e. The number of ether oxygens (including phenoxy) is 1. The Morgan fingerprint density at radius 1 is 1.42 bits per heavy atom. The molecule has 2 aliphatic heterocycles. The van der Waals surface area contributed by atoms with Crippen molar-refractivity contribution in [1.82, 2.24) is 5.32 Å². The highest BCUT2D eigenvalue weighted by Crippen LogP contribution is 2.29. The van der Waals surface area contributed by atoms with Gasteiger partial charge in [-0.05, 0) is 44.4 Å². The maximum atomic E-state index is 11.8. The number of fused-ring (bicyclic) bond motifs is 1. The van der Waals surface area contributed by atoms with Crippen LogP contribution in [0, 0.1) is 0 Å². The largest absolute Gasteiger partial charge is 0.380 e. The Kier molecular flexibility index (Phi) is 2.97. The molecule has 1 aromatic carbocycles.